The number of anilines is 2. The Bertz CT molecular complexity index is 629. The van der Waals surface area contributed by atoms with E-state index in [1.165, 1.54) is 0 Å². The zero-order valence-electron chi connectivity index (χ0n) is 10.2. The van der Waals surface area contributed by atoms with Gasteiger partial charge in [-0.25, -0.2) is 4.98 Å². The minimum Gasteiger partial charge on any atom is -0.340 e. The molecule has 2 aromatic rings. The van der Waals surface area contributed by atoms with Crippen LogP contribution in [0.1, 0.15) is 16.8 Å². The van der Waals surface area contributed by atoms with Gasteiger partial charge in [-0.15, -0.1) is 0 Å². The van der Waals surface area contributed by atoms with E-state index in [0.717, 1.165) is 16.9 Å². The average molecular weight is 258 g/mol. The second kappa shape index (κ2) is 5.07. The van der Waals surface area contributed by atoms with E-state index < -0.39 is 0 Å². The fraction of sp³-hybridized carbons (Fsp3) is 0.143. The molecule has 1 N–H and O–H groups in total. The quantitative estimate of drug-likeness (QED) is 0.886. The van der Waals surface area contributed by atoms with E-state index in [4.69, 9.17) is 16.9 Å². The first-order valence-corrected chi connectivity index (χ1v) is 5.88. The Hall–Kier alpha value is -2.05. The molecule has 90 valence electrons. The van der Waals surface area contributed by atoms with Crippen LogP contribution in [0.25, 0.3) is 0 Å². The summed E-state index contributed by atoms with van der Waals surface area (Å²) < 4.78 is 0. The summed E-state index contributed by atoms with van der Waals surface area (Å²) in [4.78, 5) is 4.35. The maximum absolute atomic E-state index is 8.92. The molecule has 0 saturated carbocycles. The fourth-order valence-electron chi connectivity index (χ4n) is 1.70. The molecule has 0 spiro atoms. The van der Waals surface area contributed by atoms with E-state index >= 15 is 0 Å². The van der Waals surface area contributed by atoms with Crippen molar-refractivity contribution in [1.82, 2.24) is 4.98 Å². The average Bonchev–Trinajstić information content (AvgIpc) is 2.32. The van der Waals surface area contributed by atoms with Gasteiger partial charge < -0.3 is 5.32 Å². The lowest BCUT2D eigenvalue weighted by Gasteiger charge is -2.10. The van der Waals surface area contributed by atoms with E-state index in [9.17, 15) is 0 Å². The Balaban J connectivity index is 2.34. The van der Waals surface area contributed by atoms with Crippen LogP contribution in [0.2, 0.25) is 5.02 Å². The third-order valence-corrected chi connectivity index (χ3v) is 2.77. The highest BCUT2D eigenvalue weighted by Crippen LogP contribution is 2.23. The molecule has 0 radical (unpaired) electrons. The van der Waals surface area contributed by atoms with Gasteiger partial charge >= 0.3 is 0 Å². The molecule has 0 aliphatic heterocycles. The van der Waals surface area contributed by atoms with Crippen LogP contribution < -0.4 is 5.32 Å². The van der Waals surface area contributed by atoms with Gasteiger partial charge in [0, 0.05) is 16.4 Å². The molecule has 0 bridgehead atoms. The van der Waals surface area contributed by atoms with Gasteiger partial charge in [-0.1, -0.05) is 11.6 Å². The molecule has 0 aliphatic rings. The van der Waals surface area contributed by atoms with E-state index in [2.05, 4.69) is 16.4 Å². The largest absolute Gasteiger partial charge is 0.340 e. The second-order valence-electron chi connectivity index (χ2n) is 4.08. The van der Waals surface area contributed by atoms with Crippen LogP contribution in [0.3, 0.4) is 0 Å². The van der Waals surface area contributed by atoms with Crippen molar-refractivity contribution in [2.45, 2.75) is 13.8 Å². The Labute approximate surface area is 111 Å². The highest BCUT2D eigenvalue weighted by atomic mass is 35.5. The van der Waals surface area contributed by atoms with Crippen LogP contribution in [0.15, 0.2) is 30.3 Å². The Morgan fingerprint density at radius 2 is 2.00 bits per heavy atom. The molecule has 0 unspecified atom stereocenters. The third-order valence-electron chi connectivity index (χ3n) is 2.53. The highest BCUT2D eigenvalue weighted by molar-refractivity contribution is 6.30. The molecule has 3 nitrogen and oxygen atoms in total. The number of nitrogens with zero attached hydrogens (tertiary/aromatic N) is 2. The number of nitriles is 1. The third kappa shape index (κ3) is 2.79. The molecule has 4 heteroatoms. The lowest BCUT2D eigenvalue weighted by molar-refractivity contribution is 1.19. The van der Waals surface area contributed by atoms with Crippen LogP contribution in [0.4, 0.5) is 11.5 Å². The van der Waals surface area contributed by atoms with E-state index in [1.807, 2.05) is 32.0 Å². The van der Waals surface area contributed by atoms with Gasteiger partial charge in [-0.3, -0.25) is 0 Å². The molecular weight excluding hydrogens is 246 g/mol. The van der Waals surface area contributed by atoms with Crippen LogP contribution in [-0.2, 0) is 0 Å². The van der Waals surface area contributed by atoms with E-state index in [-0.39, 0.29) is 0 Å². The molecule has 0 fully saturated rings. The summed E-state index contributed by atoms with van der Waals surface area (Å²) in [6.45, 7) is 3.83. The summed E-state index contributed by atoms with van der Waals surface area (Å²) >= 11 is 5.91. The van der Waals surface area contributed by atoms with Gasteiger partial charge in [-0.05, 0) is 49.7 Å². The Morgan fingerprint density at radius 1 is 1.22 bits per heavy atom. The molecule has 1 aromatic carbocycles. The van der Waals surface area contributed by atoms with Crippen LogP contribution >= 0.6 is 11.6 Å². The van der Waals surface area contributed by atoms with Crippen molar-refractivity contribution in [3.05, 3.63) is 52.2 Å². The number of hydrogen-bond acceptors (Lipinski definition) is 3. The maximum atomic E-state index is 8.92. The van der Waals surface area contributed by atoms with Crippen molar-refractivity contribution in [3.8, 4) is 6.07 Å². The predicted octanol–water partition coefficient (Wildman–Crippen LogP) is 3.97. The lowest BCUT2D eigenvalue weighted by Crippen LogP contribution is -1.97. The Kier molecular flexibility index (Phi) is 3.50. The van der Waals surface area contributed by atoms with Gasteiger partial charge in [0.05, 0.1) is 11.6 Å². The molecule has 18 heavy (non-hydrogen) atoms. The summed E-state index contributed by atoms with van der Waals surface area (Å²) in [6, 6.07) is 11.2. The van der Waals surface area contributed by atoms with Gasteiger partial charge in [0.2, 0.25) is 0 Å². The molecule has 2 rings (SSSR count). The smallest absolute Gasteiger partial charge is 0.131 e. The van der Waals surface area contributed by atoms with Crippen molar-refractivity contribution in [2.24, 2.45) is 0 Å². The molecule has 1 heterocycles. The van der Waals surface area contributed by atoms with Gasteiger partial charge in [-0.2, -0.15) is 5.26 Å². The number of benzene rings is 1. The minimum atomic E-state index is 0.594. The first-order chi connectivity index (χ1) is 8.58. The molecule has 0 atom stereocenters. The summed E-state index contributed by atoms with van der Waals surface area (Å²) in [5.74, 6) is 0.664. The first kappa shape index (κ1) is 12.4. The van der Waals surface area contributed by atoms with Gasteiger partial charge in [0.25, 0.3) is 0 Å². The number of nitrogens with one attached hydrogen (secondary N) is 1. The minimum absolute atomic E-state index is 0.594. The number of halogens is 1. The summed E-state index contributed by atoms with van der Waals surface area (Å²) in [6.07, 6.45) is 0. The standard InChI is InChI=1S/C14H12ClN3/c1-9-5-12(15)3-4-13(9)18-14-7-11(8-16)6-10(2)17-14/h3-7H,1-2H3,(H,17,18). The number of rotatable bonds is 2. The summed E-state index contributed by atoms with van der Waals surface area (Å²) in [5.41, 5.74) is 3.37. The second-order valence-corrected chi connectivity index (χ2v) is 4.51. The lowest BCUT2D eigenvalue weighted by atomic mass is 10.2. The predicted molar refractivity (Wildman–Crippen MR) is 73.2 cm³/mol. The molecule has 1 aromatic heterocycles. The fourth-order valence-corrected chi connectivity index (χ4v) is 1.93. The van der Waals surface area contributed by atoms with Crippen molar-refractivity contribution in [3.63, 3.8) is 0 Å². The van der Waals surface area contributed by atoms with Crippen LogP contribution in [-0.4, -0.2) is 4.98 Å². The summed E-state index contributed by atoms with van der Waals surface area (Å²) in [7, 11) is 0. The van der Waals surface area contributed by atoms with Crippen molar-refractivity contribution in [2.75, 3.05) is 5.32 Å². The number of pyridine rings is 1. The SMILES string of the molecule is Cc1cc(C#N)cc(Nc2ccc(Cl)cc2C)n1. The van der Waals surface area contributed by atoms with Crippen LogP contribution in [0, 0.1) is 25.2 Å². The van der Waals surface area contributed by atoms with Crippen LogP contribution in [0.5, 0.6) is 0 Å². The maximum Gasteiger partial charge on any atom is 0.131 e. The van der Waals surface area contributed by atoms with E-state index in [1.54, 1.807) is 12.1 Å². The molecular formula is C14H12ClN3. The number of aromatic nitrogens is 1. The van der Waals surface area contributed by atoms with Crippen molar-refractivity contribution >= 4 is 23.1 Å². The van der Waals surface area contributed by atoms with Gasteiger partial charge in [0.15, 0.2) is 0 Å². The van der Waals surface area contributed by atoms with Crippen molar-refractivity contribution in [1.29, 1.82) is 5.26 Å². The normalized spacial score (nSPS) is 9.89. The zero-order valence-corrected chi connectivity index (χ0v) is 10.9. The molecule has 0 amide bonds. The topological polar surface area (TPSA) is 48.7 Å². The number of aryl methyl sites for hydroxylation is 2. The molecule has 0 saturated heterocycles. The van der Waals surface area contributed by atoms with E-state index in [0.29, 0.717) is 16.4 Å². The first-order valence-electron chi connectivity index (χ1n) is 5.50. The number of hydrogen-bond donors (Lipinski definition) is 1. The van der Waals surface area contributed by atoms with Crippen molar-refractivity contribution < 1.29 is 0 Å². The monoisotopic (exact) mass is 257 g/mol. The molecule has 0 aliphatic carbocycles. The van der Waals surface area contributed by atoms with Gasteiger partial charge in [0.1, 0.15) is 5.82 Å². The zero-order chi connectivity index (χ0) is 13.1. The highest BCUT2D eigenvalue weighted by Gasteiger charge is 2.03. The summed E-state index contributed by atoms with van der Waals surface area (Å²) in [5, 5.41) is 12.8. The Morgan fingerprint density at radius 3 is 2.67 bits per heavy atom.